The van der Waals surface area contributed by atoms with Crippen molar-refractivity contribution in [2.24, 2.45) is 23.7 Å². The van der Waals surface area contributed by atoms with Crippen LogP contribution >= 0.6 is 0 Å². The fourth-order valence-electron chi connectivity index (χ4n) is 12.0. The van der Waals surface area contributed by atoms with E-state index in [1.807, 2.05) is 42.5 Å². The van der Waals surface area contributed by atoms with Crippen molar-refractivity contribution in [1.29, 1.82) is 5.26 Å². The van der Waals surface area contributed by atoms with Crippen molar-refractivity contribution in [3.63, 3.8) is 0 Å². The maximum absolute atomic E-state index is 10.2. The summed E-state index contributed by atoms with van der Waals surface area (Å²) < 4.78 is 0. The van der Waals surface area contributed by atoms with E-state index in [2.05, 4.69) is 110 Å². The van der Waals surface area contributed by atoms with Crippen LogP contribution in [0.15, 0.2) is 140 Å². The summed E-state index contributed by atoms with van der Waals surface area (Å²) in [6, 6.07) is 52.2. The summed E-state index contributed by atoms with van der Waals surface area (Å²) in [6.45, 7) is 2.55. The normalized spacial score (nSPS) is 25.7. The van der Waals surface area contributed by atoms with Crippen molar-refractivity contribution in [2.75, 3.05) is 0 Å². The molecule has 1 spiro atoms. The molecule has 55 heavy (non-hydrogen) atoms. The number of benzene rings is 6. The molecule has 1 heterocycles. The Balaban J connectivity index is 1.13. The van der Waals surface area contributed by atoms with Crippen LogP contribution in [0.25, 0.3) is 56.4 Å². The predicted octanol–water partition coefficient (Wildman–Crippen LogP) is 11.4. The maximum atomic E-state index is 10.2. The zero-order valence-electron chi connectivity index (χ0n) is 30.7. The summed E-state index contributed by atoms with van der Waals surface area (Å²) >= 11 is 0. The van der Waals surface area contributed by atoms with E-state index in [1.54, 1.807) is 0 Å². The molecular formula is C51H38N4. The van der Waals surface area contributed by atoms with Crippen molar-refractivity contribution < 1.29 is 0 Å². The Hall–Kier alpha value is -6.18. The minimum Gasteiger partial charge on any atom is -0.208 e. The van der Waals surface area contributed by atoms with E-state index in [-0.39, 0.29) is 5.41 Å². The molecule has 0 aliphatic heterocycles. The van der Waals surface area contributed by atoms with Gasteiger partial charge in [-0.25, -0.2) is 15.0 Å². The summed E-state index contributed by atoms with van der Waals surface area (Å²) in [7, 11) is 0. The smallest absolute Gasteiger partial charge is 0.164 e. The largest absolute Gasteiger partial charge is 0.208 e. The van der Waals surface area contributed by atoms with Gasteiger partial charge >= 0.3 is 0 Å². The lowest BCUT2D eigenvalue weighted by Gasteiger charge is -2.65. The standard InChI is InChI=1S/C51H38N4/c1-50(27-34-24-33-25-35(28-50)45(33)34)36-20-22-44-41(26-36)37-15-8-9-18-42(37)51(44)43-21-19-30(29-52)23-40(43)38-16-10-17-39(46(38)51)49-54-47(31-11-4-2-5-12-31)53-48(55-49)32-13-6-3-7-14-32/h2-23,26,33-35,45H,24-25,27-28H2,1H3/t33?,34-,35+,45?,50?,51-/m1/s1. The molecule has 3 saturated carbocycles. The lowest BCUT2D eigenvalue weighted by atomic mass is 9.39. The molecule has 0 saturated heterocycles. The highest BCUT2D eigenvalue weighted by Crippen LogP contribution is 2.68. The number of hydrogen-bond donors (Lipinski definition) is 0. The van der Waals surface area contributed by atoms with Crippen LogP contribution in [0.4, 0.5) is 0 Å². The fraction of sp³-hybridized carbons (Fsp3) is 0.216. The maximum Gasteiger partial charge on any atom is 0.164 e. The van der Waals surface area contributed by atoms with Gasteiger partial charge in [0, 0.05) is 16.7 Å². The predicted molar refractivity (Wildman–Crippen MR) is 217 cm³/mol. The molecule has 6 aromatic carbocycles. The Morgan fingerprint density at radius 3 is 1.76 bits per heavy atom. The molecule has 6 atom stereocenters. The van der Waals surface area contributed by atoms with E-state index < -0.39 is 5.41 Å². The monoisotopic (exact) mass is 706 g/mol. The molecule has 1 aromatic heterocycles. The second kappa shape index (κ2) is 11.2. The van der Waals surface area contributed by atoms with Gasteiger partial charge in [0.2, 0.25) is 0 Å². The molecule has 4 nitrogen and oxygen atoms in total. The molecule has 7 aromatic rings. The van der Waals surface area contributed by atoms with Crippen LogP contribution in [0.1, 0.15) is 66.0 Å². The van der Waals surface area contributed by atoms with Crippen LogP contribution in [-0.2, 0) is 10.8 Å². The third-order valence-corrected chi connectivity index (χ3v) is 14.2. The second-order valence-corrected chi connectivity index (χ2v) is 17.0. The van der Waals surface area contributed by atoms with Gasteiger partial charge in [-0.2, -0.15) is 5.26 Å². The number of nitriles is 1. The Morgan fingerprint density at radius 2 is 1.09 bits per heavy atom. The zero-order chi connectivity index (χ0) is 36.5. The van der Waals surface area contributed by atoms with Crippen LogP contribution in [0.2, 0.25) is 0 Å². The molecule has 0 radical (unpaired) electrons. The van der Waals surface area contributed by atoms with E-state index in [0.717, 1.165) is 51.5 Å². The van der Waals surface area contributed by atoms with Gasteiger partial charge in [-0.3, -0.25) is 0 Å². The van der Waals surface area contributed by atoms with Gasteiger partial charge in [0.25, 0.3) is 0 Å². The van der Waals surface area contributed by atoms with E-state index >= 15 is 0 Å². The first kappa shape index (κ1) is 31.2. The van der Waals surface area contributed by atoms with Crippen LogP contribution in [0, 0.1) is 35.0 Å². The summed E-state index contributed by atoms with van der Waals surface area (Å²) in [5.74, 6) is 5.72. The Morgan fingerprint density at radius 1 is 0.527 bits per heavy atom. The van der Waals surface area contributed by atoms with Crippen molar-refractivity contribution in [1.82, 2.24) is 15.0 Å². The number of fused-ring (bicyclic) bond motifs is 10. The molecule has 262 valence electrons. The summed E-state index contributed by atoms with van der Waals surface area (Å²) in [6.07, 6.45) is 5.47. The lowest BCUT2D eigenvalue weighted by molar-refractivity contribution is -0.141. The second-order valence-electron chi connectivity index (χ2n) is 17.0. The molecule has 3 fully saturated rings. The van der Waals surface area contributed by atoms with E-state index in [9.17, 15) is 5.26 Å². The van der Waals surface area contributed by atoms with Gasteiger partial charge in [-0.15, -0.1) is 0 Å². The lowest BCUT2D eigenvalue weighted by Crippen LogP contribution is -2.58. The van der Waals surface area contributed by atoms with Gasteiger partial charge in [0.1, 0.15) is 0 Å². The first-order chi connectivity index (χ1) is 27.0. The SMILES string of the molecule is CC1(c2ccc3c(c2)-c2ccccc2[C@@]32c3ccc(C#N)cc3-c3cccc(-c4nc(-c5ccccc5)nc(-c5ccccc5)n4)c32)C[C@H]2CC3C[C@@H](C1)C32. The molecule has 3 unspecified atom stereocenters. The minimum atomic E-state index is -0.625. The quantitative estimate of drug-likeness (QED) is 0.183. The topological polar surface area (TPSA) is 62.5 Å². The van der Waals surface area contributed by atoms with Gasteiger partial charge < -0.3 is 0 Å². The summed E-state index contributed by atoms with van der Waals surface area (Å²) in [5, 5.41) is 10.2. The zero-order valence-corrected chi connectivity index (χ0v) is 30.7. The summed E-state index contributed by atoms with van der Waals surface area (Å²) in [5.41, 5.74) is 14.3. The van der Waals surface area contributed by atoms with Gasteiger partial charge in [-0.05, 0) is 117 Å². The van der Waals surface area contributed by atoms with Gasteiger partial charge in [-0.1, -0.05) is 134 Å². The highest BCUT2D eigenvalue weighted by atomic mass is 15.0. The fourth-order valence-corrected chi connectivity index (χ4v) is 12.0. The average molecular weight is 707 g/mol. The van der Waals surface area contributed by atoms with Crippen LogP contribution in [-0.4, -0.2) is 15.0 Å². The van der Waals surface area contributed by atoms with Crippen molar-refractivity contribution >= 4 is 0 Å². The Kier molecular flexibility index (Phi) is 6.34. The van der Waals surface area contributed by atoms with Gasteiger partial charge in [0.15, 0.2) is 17.5 Å². The first-order valence-electron chi connectivity index (χ1n) is 19.8. The molecule has 0 amide bonds. The van der Waals surface area contributed by atoms with Crippen molar-refractivity contribution in [3.05, 3.63) is 173 Å². The molecular weight excluding hydrogens is 669 g/mol. The van der Waals surface area contributed by atoms with E-state index in [1.165, 1.54) is 64.6 Å². The van der Waals surface area contributed by atoms with Crippen molar-refractivity contribution in [2.45, 2.75) is 43.4 Å². The number of nitrogens with zero attached hydrogens (tertiary/aromatic N) is 4. The Bertz CT molecular complexity index is 2710. The highest BCUT2D eigenvalue weighted by molar-refractivity contribution is 5.98. The van der Waals surface area contributed by atoms with Crippen LogP contribution in [0.3, 0.4) is 0 Å². The molecule has 0 N–H and O–H groups in total. The van der Waals surface area contributed by atoms with Crippen LogP contribution in [0.5, 0.6) is 0 Å². The van der Waals surface area contributed by atoms with Crippen LogP contribution < -0.4 is 0 Å². The Labute approximate surface area is 321 Å². The van der Waals surface area contributed by atoms with E-state index in [4.69, 9.17) is 15.0 Å². The highest BCUT2D eigenvalue weighted by Gasteiger charge is 2.60. The first-order valence-corrected chi connectivity index (χ1v) is 19.8. The molecule has 5 aliphatic carbocycles. The third kappa shape index (κ3) is 4.19. The molecule has 12 rings (SSSR count). The molecule has 0 bridgehead atoms. The van der Waals surface area contributed by atoms with E-state index in [0.29, 0.717) is 23.0 Å². The van der Waals surface area contributed by atoms with Gasteiger partial charge in [0.05, 0.1) is 17.0 Å². The average Bonchev–Trinajstić information content (AvgIpc) is 3.69. The number of hydrogen-bond acceptors (Lipinski definition) is 4. The summed E-state index contributed by atoms with van der Waals surface area (Å²) in [4.78, 5) is 15.6. The third-order valence-electron chi connectivity index (χ3n) is 14.2. The number of aromatic nitrogens is 3. The molecule has 4 heteroatoms. The minimum absolute atomic E-state index is 0.182. The van der Waals surface area contributed by atoms with Crippen molar-refractivity contribution in [3.8, 4) is 62.5 Å². The number of rotatable bonds is 4. The molecule has 5 aliphatic rings.